The normalized spacial score (nSPS) is 12.7. The van der Waals surface area contributed by atoms with Crippen molar-refractivity contribution in [2.24, 2.45) is 5.73 Å². The van der Waals surface area contributed by atoms with E-state index in [0.29, 0.717) is 5.56 Å². The number of benzene rings is 1. The van der Waals surface area contributed by atoms with E-state index >= 15 is 0 Å². The molecule has 0 saturated carbocycles. The van der Waals surface area contributed by atoms with Crippen LogP contribution in [0.15, 0.2) is 23.1 Å². The first-order chi connectivity index (χ1) is 8.95. The van der Waals surface area contributed by atoms with E-state index in [1.165, 1.54) is 39.1 Å². The number of carbonyl (C=O) groups excluding carboxylic acids is 1. The topological polar surface area (TPSA) is 101 Å². The molecule has 3 N–H and O–H groups in total. The minimum Gasteiger partial charge on any atom is -0.389 e. The van der Waals surface area contributed by atoms with Crippen LogP contribution in [0, 0.1) is 6.92 Å². The largest absolute Gasteiger partial charge is 0.389 e. The van der Waals surface area contributed by atoms with Gasteiger partial charge in [0.15, 0.2) is 0 Å². The molecule has 0 aliphatic heterocycles. The maximum atomic E-state index is 12.4. The van der Waals surface area contributed by atoms with Gasteiger partial charge in [-0.25, -0.2) is 8.42 Å². The van der Waals surface area contributed by atoms with Crippen LogP contribution in [0.4, 0.5) is 0 Å². The van der Waals surface area contributed by atoms with Gasteiger partial charge >= 0.3 is 0 Å². The minimum atomic E-state index is -3.78. The first-order valence-corrected chi connectivity index (χ1v) is 7.48. The second kappa shape index (κ2) is 5.51. The molecular weight excluding hydrogens is 280 g/mol. The monoisotopic (exact) mass is 300 g/mol. The van der Waals surface area contributed by atoms with Crippen LogP contribution in [0.1, 0.15) is 29.8 Å². The second-order valence-corrected chi connectivity index (χ2v) is 7.46. The highest BCUT2D eigenvalue weighted by atomic mass is 32.2. The number of hydrogen-bond donors (Lipinski definition) is 2. The third-order valence-electron chi connectivity index (χ3n) is 2.79. The predicted molar refractivity (Wildman–Crippen MR) is 75.8 cm³/mol. The Morgan fingerprint density at radius 3 is 2.40 bits per heavy atom. The van der Waals surface area contributed by atoms with Gasteiger partial charge in [0.2, 0.25) is 15.9 Å². The van der Waals surface area contributed by atoms with Crippen LogP contribution in [-0.4, -0.2) is 42.9 Å². The molecule has 0 spiro atoms. The maximum absolute atomic E-state index is 12.4. The SMILES string of the molecule is Cc1ccc(S(=O)(=O)N(C)CC(C)(C)O)cc1C(N)=O. The molecule has 1 rings (SSSR count). The van der Waals surface area contributed by atoms with Crippen molar-refractivity contribution in [3.8, 4) is 0 Å². The van der Waals surface area contributed by atoms with E-state index < -0.39 is 21.5 Å². The Morgan fingerprint density at radius 2 is 1.95 bits per heavy atom. The van der Waals surface area contributed by atoms with Crippen LogP contribution in [0.25, 0.3) is 0 Å². The molecule has 0 aromatic heterocycles. The Labute approximate surface area is 119 Å². The van der Waals surface area contributed by atoms with Gasteiger partial charge < -0.3 is 10.8 Å². The summed E-state index contributed by atoms with van der Waals surface area (Å²) in [5.74, 6) is -0.676. The second-order valence-electron chi connectivity index (χ2n) is 5.41. The summed E-state index contributed by atoms with van der Waals surface area (Å²) in [5, 5.41) is 9.71. The number of hydrogen-bond acceptors (Lipinski definition) is 4. The van der Waals surface area contributed by atoms with Gasteiger partial charge in [-0.2, -0.15) is 4.31 Å². The van der Waals surface area contributed by atoms with Gasteiger partial charge in [0.25, 0.3) is 0 Å². The number of nitrogens with two attached hydrogens (primary N) is 1. The zero-order valence-electron chi connectivity index (χ0n) is 12.0. The summed E-state index contributed by atoms with van der Waals surface area (Å²) in [5.41, 5.74) is 4.85. The Balaban J connectivity index is 3.23. The van der Waals surface area contributed by atoms with E-state index in [9.17, 15) is 18.3 Å². The molecule has 6 nitrogen and oxygen atoms in total. The fourth-order valence-electron chi connectivity index (χ4n) is 1.84. The molecule has 0 atom stereocenters. The number of carbonyl (C=O) groups is 1. The molecule has 0 saturated heterocycles. The molecule has 0 heterocycles. The lowest BCUT2D eigenvalue weighted by Crippen LogP contribution is -2.39. The highest BCUT2D eigenvalue weighted by molar-refractivity contribution is 7.89. The average molecular weight is 300 g/mol. The van der Waals surface area contributed by atoms with Gasteiger partial charge in [-0.05, 0) is 38.5 Å². The Morgan fingerprint density at radius 1 is 1.40 bits per heavy atom. The molecule has 112 valence electrons. The van der Waals surface area contributed by atoms with E-state index in [0.717, 1.165) is 4.31 Å². The van der Waals surface area contributed by atoms with Crippen molar-refractivity contribution >= 4 is 15.9 Å². The van der Waals surface area contributed by atoms with Gasteiger partial charge in [0, 0.05) is 19.2 Å². The van der Waals surface area contributed by atoms with Crippen LogP contribution >= 0.6 is 0 Å². The van der Waals surface area contributed by atoms with Crippen LogP contribution in [0.3, 0.4) is 0 Å². The van der Waals surface area contributed by atoms with E-state index in [1.54, 1.807) is 6.92 Å². The molecule has 1 amide bonds. The first-order valence-electron chi connectivity index (χ1n) is 6.04. The van der Waals surface area contributed by atoms with Crippen molar-refractivity contribution in [2.75, 3.05) is 13.6 Å². The summed E-state index contributed by atoms with van der Waals surface area (Å²) in [6, 6.07) is 4.21. The van der Waals surface area contributed by atoms with E-state index in [1.807, 2.05) is 0 Å². The average Bonchev–Trinajstić information content (AvgIpc) is 2.26. The molecule has 1 aromatic carbocycles. The molecule has 0 radical (unpaired) electrons. The quantitative estimate of drug-likeness (QED) is 0.826. The molecule has 7 heteroatoms. The van der Waals surface area contributed by atoms with Gasteiger partial charge in [-0.3, -0.25) is 4.79 Å². The molecule has 0 fully saturated rings. The molecule has 0 unspecified atom stereocenters. The molecule has 0 aliphatic rings. The van der Waals surface area contributed by atoms with Crippen LogP contribution in [0.2, 0.25) is 0 Å². The van der Waals surface area contributed by atoms with Crippen molar-refractivity contribution in [2.45, 2.75) is 31.3 Å². The number of primary amides is 1. The molecule has 0 bridgehead atoms. The Kier molecular flexibility index (Phi) is 4.58. The molecular formula is C13H20N2O4S. The Bertz CT molecular complexity index is 618. The third-order valence-corrected chi connectivity index (χ3v) is 4.59. The zero-order valence-corrected chi connectivity index (χ0v) is 12.9. The lowest BCUT2D eigenvalue weighted by Gasteiger charge is -2.25. The van der Waals surface area contributed by atoms with Crippen molar-refractivity contribution < 1.29 is 18.3 Å². The predicted octanol–water partition coefficient (Wildman–Crippen LogP) is 0.485. The van der Waals surface area contributed by atoms with Crippen molar-refractivity contribution in [3.05, 3.63) is 29.3 Å². The summed E-state index contributed by atoms with van der Waals surface area (Å²) in [6.45, 7) is 4.65. The zero-order chi connectivity index (χ0) is 15.7. The van der Waals surface area contributed by atoms with E-state index in [-0.39, 0.29) is 17.0 Å². The number of nitrogens with zero attached hydrogens (tertiary/aromatic N) is 1. The van der Waals surface area contributed by atoms with Crippen molar-refractivity contribution in [3.63, 3.8) is 0 Å². The maximum Gasteiger partial charge on any atom is 0.249 e. The van der Waals surface area contributed by atoms with E-state index in [4.69, 9.17) is 5.73 Å². The van der Waals surface area contributed by atoms with Gasteiger partial charge in [0.1, 0.15) is 0 Å². The van der Waals surface area contributed by atoms with Gasteiger partial charge in [-0.15, -0.1) is 0 Å². The molecule has 1 aromatic rings. The summed E-state index contributed by atoms with van der Waals surface area (Å²) >= 11 is 0. The number of aliphatic hydroxyl groups is 1. The van der Waals surface area contributed by atoms with E-state index in [2.05, 4.69) is 0 Å². The fourth-order valence-corrected chi connectivity index (χ4v) is 3.19. The summed E-state index contributed by atoms with van der Waals surface area (Å²) in [4.78, 5) is 11.2. The molecule has 20 heavy (non-hydrogen) atoms. The number of likely N-dealkylation sites (N-methyl/N-ethyl adjacent to an activating group) is 1. The summed E-state index contributed by atoms with van der Waals surface area (Å²) in [6.07, 6.45) is 0. The lowest BCUT2D eigenvalue weighted by molar-refractivity contribution is 0.0639. The standard InChI is InChI=1S/C13H20N2O4S/c1-9-5-6-10(7-11(9)12(14)16)20(18,19)15(4)8-13(2,3)17/h5-7,17H,8H2,1-4H3,(H2,14,16). The highest BCUT2D eigenvalue weighted by Crippen LogP contribution is 2.20. The Hall–Kier alpha value is -1.44. The number of aryl methyl sites for hydroxylation is 1. The lowest BCUT2D eigenvalue weighted by atomic mass is 10.1. The molecule has 0 aliphatic carbocycles. The van der Waals surface area contributed by atoms with Gasteiger partial charge in [0.05, 0.1) is 10.5 Å². The fraction of sp³-hybridized carbons (Fsp3) is 0.462. The number of amides is 1. The van der Waals surface area contributed by atoms with Crippen LogP contribution in [-0.2, 0) is 10.0 Å². The smallest absolute Gasteiger partial charge is 0.249 e. The number of rotatable bonds is 5. The van der Waals surface area contributed by atoms with Crippen LogP contribution in [0.5, 0.6) is 0 Å². The van der Waals surface area contributed by atoms with Crippen molar-refractivity contribution in [1.29, 1.82) is 0 Å². The van der Waals surface area contributed by atoms with Gasteiger partial charge in [-0.1, -0.05) is 6.07 Å². The highest BCUT2D eigenvalue weighted by Gasteiger charge is 2.27. The van der Waals surface area contributed by atoms with Crippen LogP contribution < -0.4 is 5.73 Å². The summed E-state index contributed by atoms with van der Waals surface area (Å²) < 4.78 is 25.8. The number of sulfonamides is 1. The first kappa shape index (κ1) is 16.6. The minimum absolute atomic E-state index is 0.0244. The van der Waals surface area contributed by atoms with Crippen molar-refractivity contribution in [1.82, 2.24) is 4.31 Å². The summed E-state index contributed by atoms with van der Waals surface area (Å²) in [7, 11) is -2.41. The third kappa shape index (κ3) is 3.78.